The predicted octanol–water partition coefficient (Wildman–Crippen LogP) is 2.97. The number of rotatable bonds is 1. The highest BCUT2D eigenvalue weighted by Gasteiger charge is 2.03. The molecule has 2 rings (SSSR count). The second kappa shape index (κ2) is 3.50. The van der Waals surface area contributed by atoms with Gasteiger partial charge in [-0.05, 0) is 13.0 Å². The second-order valence-corrected chi connectivity index (χ2v) is 3.08. The van der Waals surface area contributed by atoms with E-state index < -0.39 is 0 Å². The van der Waals surface area contributed by atoms with Gasteiger partial charge in [0.15, 0.2) is 0 Å². The number of pyridine rings is 1. The predicted molar refractivity (Wildman–Crippen MR) is 58.1 cm³/mol. The van der Waals surface area contributed by atoms with Crippen LogP contribution >= 0.6 is 0 Å². The summed E-state index contributed by atoms with van der Waals surface area (Å²) in [5.41, 5.74) is 1.46. The quantitative estimate of drug-likeness (QED) is 0.740. The molecule has 70 valence electrons. The molecule has 0 saturated heterocycles. The molecule has 0 radical (unpaired) electrons. The van der Waals surface area contributed by atoms with Crippen LogP contribution in [0.2, 0.25) is 0 Å². The summed E-state index contributed by atoms with van der Waals surface area (Å²) in [6, 6.07) is 7.63. The lowest BCUT2D eigenvalue weighted by Gasteiger charge is -2.02. The van der Waals surface area contributed by atoms with Crippen molar-refractivity contribution in [3.63, 3.8) is 0 Å². The van der Waals surface area contributed by atoms with Crippen LogP contribution in [0.1, 0.15) is 12.5 Å². The minimum Gasteiger partial charge on any atom is -0.505 e. The van der Waals surface area contributed by atoms with Crippen LogP contribution in [0, 0.1) is 0 Å². The third-order valence-corrected chi connectivity index (χ3v) is 2.13. The van der Waals surface area contributed by atoms with E-state index in [1.807, 2.05) is 43.3 Å². The molecule has 2 aromatic rings. The van der Waals surface area contributed by atoms with Gasteiger partial charge >= 0.3 is 0 Å². The van der Waals surface area contributed by atoms with E-state index in [9.17, 15) is 5.11 Å². The van der Waals surface area contributed by atoms with Gasteiger partial charge in [0, 0.05) is 17.1 Å². The van der Waals surface area contributed by atoms with E-state index >= 15 is 0 Å². The van der Waals surface area contributed by atoms with Crippen molar-refractivity contribution in [2.24, 2.45) is 0 Å². The first-order valence-corrected chi connectivity index (χ1v) is 4.52. The maximum Gasteiger partial charge on any atom is 0.148 e. The van der Waals surface area contributed by atoms with Crippen LogP contribution in [0.5, 0.6) is 5.75 Å². The molecule has 0 unspecified atom stereocenters. The van der Waals surface area contributed by atoms with Gasteiger partial charge in [0.05, 0.1) is 0 Å². The van der Waals surface area contributed by atoms with Crippen molar-refractivity contribution in [1.82, 2.24) is 4.98 Å². The molecule has 1 aromatic carbocycles. The fourth-order valence-corrected chi connectivity index (χ4v) is 1.46. The van der Waals surface area contributed by atoms with Crippen molar-refractivity contribution in [2.75, 3.05) is 0 Å². The molecule has 14 heavy (non-hydrogen) atoms. The van der Waals surface area contributed by atoms with Gasteiger partial charge in [-0.2, -0.15) is 0 Å². The monoisotopic (exact) mass is 185 g/mol. The Labute approximate surface area is 82.5 Å². The van der Waals surface area contributed by atoms with Crippen molar-refractivity contribution in [3.8, 4) is 5.75 Å². The fourth-order valence-electron chi connectivity index (χ4n) is 1.46. The van der Waals surface area contributed by atoms with Gasteiger partial charge in [0.25, 0.3) is 0 Å². The van der Waals surface area contributed by atoms with Crippen molar-refractivity contribution in [2.45, 2.75) is 6.92 Å². The Morgan fingerprint density at radius 2 is 2.14 bits per heavy atom. The lowest BCUT2D eigenvalue weighted by molar-refractivity contribution is 0.479. The molecule has 1 heterocycles. The van der Waals surface area contributed by atoms with Crippen molar-refractivity contribution in [3.05, 3.63) is 42.1 Å². The third kappa shape index (κ3) is 1.35. The van der Waals surface area contributed by atoms with E-state index in [2.05, 4.69) is 4.98 Å². The zero-order chi connectivity index (χ0) is 9.97. The lowest BCUT2D eigenvalue weighted by atomic mass is 10.1. The van der Waals surface area contributed by atoms with Crippen molar-refractivity contribution >= 4 is 17.0 Å². The molecule has 0 aliphatic heterocycles. The van der Waals surface area contributed by atoms with Crippen molar-refractivity contribution < 1.29 is 5.11 Å². The van der Waals surface area contributed by atoms with E-state index in [4.69, 9.17) is 0 Å². The zero-order valence-corrected chi connectivity index (χ0v) is 7.94. The number of aromatic nitrogens is 1. The lowest BCUT2D eigenvalue weighted by Crippen LogP contribution is -1.81. The summed E-state index contributed by atoms with van der Waals surface area (Å²) in [7, 11) is 0. The van der Waals surface area contributed by atoms with E-state index in [1.165, 1.54) is 0 Å². The van der Waals surface area contributed by atoms with Crippen LogP contribution in [-0.4, -0.2) is 10.1 Å². The Morgan fingerprint density at radius 3 is 2.93 bits per heavy atom. The first-order valence-electron chi connectivity index (χ1n) is 4.52. The van der Waals surface area contributed by atoms with Crippen LogP contribution in [0.15, 0.2) is 36.5 Å². The van der Waals surface area contributed by atoms with E-state index in [1.54, 1.807) is 6.20 Å². The molecule has 0 amide bonds. The topological polar surface area (TPSA) is 33.1 Å². The Bertz CT molecular complexity index is 489. The maximum absolute atomic E-state index is 9.87. The number of allylic oxidation sites excluding steroid dienone is 1. The third-order valence-electron chi connectivity index (χ3n) is 2.13. The average Bonchev–Trinajstić information content (AvgIpc) is 2.23. The summed E-state index contributed by atoms with van der Waals surface area (Å²) < 4.78 is 0. The Hall–Kier alpha value is -1.83. The van der Waals surface area contributed by atoms with Crippen LogP contribution in [0.3, 0.4) is 0 Å². The molecule has 2 heteroatoms. The van der Waals surface area contributed by atoms with E-state index in [-0.39, 0.29) is 5.75 Å². The number of nitrogens with zero attached hydrogens (tertiary/aromatic N) is 1. The first kappa shape index (κ1) is 8.75. The van der Waals surface area contributed by atoms with E-state index in [0.717, 1.165) is 10.9 Å². The summed E-state index contributed by atoms with van der Waals surface area (Å²) in [5, 5.41) is 10.8. The molecule has 1 N–H and O–H groups in total. The number of phenols is 1. The molecule has 1 aromatic heterocycles. The van der Waals surface area contributed by atoms with Crippen LogP contribution in [0.25, 0.3) is 17.0 Å². The molecule has 0 fully saturated rings. The van der Waals surface area contributed by atoms with Gasteiger partial charge in [-0.25, -0.2) is 0 Å². The van der Waals surface area contributed by atoms with Crippen molar-refractivity contribution in [1.29, 1.82) is 0 Å². The standard InChI is InChI=1S/C12H11NO/c1-2-4-10-7-6-9-5-3-8-13-11(9)12(10)14/h2-8,14H,1H3. The minimum atomic E-state index is 0.251. The summed E-state index contributed by atoms with van der Waals surface area (Å²) in [6.45, 7) is 1.92. The second-order valence-electron chi connectivity index (χ2n) is 3.08. The highest BCUT2D eigenvalue weighted by atomic mass is 16.3. The summed E-state index contributed by atoms with van der Waals surface area (Å²) in [4.78, 5) is 4.14. The summed E-state index contributed by atoms with van der Waals surface area (Å²) in [5.74, 6) is 0.251. The molecule has 0 saturated carbocycles. The number of aromatic hydroxyl groups is 1. The number of benzene rings is 1. The molecule has 0 atom stereocenters. The molecule has 0 bridgehead atoms. The number of phenolic OH excluding ortho intramolecular Hbond substituents is 1. The minimum absolute atomic E-state index is 0.251. The van der Waals surface area contributed by atoms with Crippen LogP contribution < -0.4 is 0 Å². The average molecular weight is 185 g/mol. The number of hydrogen-bond donors (Lipinski definition) is 1. The first-order chi connectivity index (χ1) is 6.83. The zero-order valence-electron chi connectivity index (χ0n) is 7.94. The maximum atomic E-state index is 9.87. The molecule has 0 spiro atoms. The number of fused-ring (bicyclic) bond motifs is 1. The van der Waals surface area contributed by atoms with Gasteiger partial charge in [-0.1, -0.05) is 30.4 Å². The molecule has 0 aliphatic carbocycles. The molecular formula is C12H11NO. The highest BCUT2D eigenvalue weighted by molar-refractivity contribution is 5.87. The SMILES string of the molecule is CC=Cc1ccc2cccnc2c1O. The van der Waals surface area contributed by atoms with Crippen LogP contribution in [0.4, 0.5) is 0 Å². The largest absolute Gasteiger partial charge is 0.505 e. The molecular weight excluding hydrogens is 174 g/mol. The fraction of sp³-hybridized carbons (Fsp3) is 0.0833. The Kier molecular flexibility index (Phi) is 2.19. The summed E-state index contributed by atoms with van der Waals surface area (Å²) >= 11 is 0. The smallest absolute Gasteiger partial charge is 0.148 e. The normalized spacial score (nSPS) is 11.2. The Balaban J connectivity index is 2.75. The molecule has 2 nitrogen and oxygen atoms in total. The van der Waals surface area contributed by atoms with Gasteiger partial charge < -0.3 is 5.11 Å². The van der Waals surface area contributed by atoms with Gasteiger partial charge in [-0.3, -0.25) is 4.98 Å². The van der Waals surface area contributed by atoms with Crippen LogP contribution in [-0.2, 0) is 0 Å². The van der Waals surface area contributed by atoms with E-state index in [0.29, 0.717) is 5.52 Å². The van der Waals surface area contributed by atoms with Gasteiger partial charge in [0.2, 0.25) is 0 Å². The van der Waals surface area contributed by atoms with Gasteiger partial charge in [0.1, 0.15) is 11.3 Å². The molecule has 0 aliphatic rings. The summed E-state index contributed by atoms with van der Waals surface area (Å²) in [6.07, 6.45) is 5.44. The Morgan fingerprint density at radius 1 is 1.29 bits per heavy atom. The number of hydrogen-bond acceptors (Lipinski definition) is 2. The highest BCUT2D eigenvalue weighted by Crippen LogP contribution is 2.27. The van der Waals surface area contributed by atoms with Gasteiger partial charge in [-0.15, -0.1) is 0 Å².